The maximum atomic E-state index is 14.0. The number of fused-ring (bicyclic) bond motifs is 1. The molecule has 4 fully saturated rings. The van der Waals surface area contributed by atoms with E-state index in [0.717, 1.165) is 12.8 Å². The zero-order valence-corrected chi connectivity index (χ0v) is 22.8. The van der Waals surface area contributed by atoms with E-state index in [2.05, 4.69) is 39.8 Å². The maximum Gasteiger partial charge on any atom is 0.246 e. The van der Waals surface area contributed by atoms with Crippen LogP contribution in [-0.4, -0.2) is 68.7 Å². The fraction of sp³-hybridized carbons (Fsp3) is 0.704. The van der Waals surface area contributed by atoms with E-state index in [4.69, 9.17) is 5.73 Å². The fourth-order valence-corrected chi connectivity index (χ4v) is 6.57. The Morgan fingerprint density at radius 2 is 1.87 bits per heavy atom. The molecule has 3 unspecified atom stereocenters. The smallest absolute Gasteiger partial charge is 0.246 e. The molecule has 5 rings (SSSR count). The van der Waals surface area contributed by atoms with E-state index >= 15 is 0 Å². The largest absolute Gasteiger partial charge is 0.368 e. The highest BCUT2D eigenvalue weighted by atomic mass is 16.2. The van der Waals surface area contributed by atoms with E-state index in [9.17, 15) is 19.2 Å². The van der Waals surface area contributed by atoms with Gasteiger partial charge in [-0.05, 0) is 54.4 Å². The molecule has 5 N–H and O–H groups in total. The van der Waals surface area contributed by atoms with Crippen LogP contribution in [0.5, 0.6) is 0 Å². The van der Waals surface area contributed by atoms with E-state index in [-0.39, 0.29) is 46.9 Å². The molecule has 0 radical (unpaired) electrons. The fourth-order valence-electron chi connectivity index (χ4n) is 6.57. The molecular weight excluding hydrogens is 486 g/mol. The van der Waals surface area contributed by atoms with Crippen LogP contribution in [0.3, 0.4) is 0 Å². The van der Waals surface area contributed by atoms with E-state index in [0.29, 0.717) is 18.9 Å². The van der Waals surface area contributed by atoms with Crippen molar-refractivity contribution in [2.45, 2.75) is 84.0 Å². The number of likely N-dealkylation sites (tertiary alicyclic amines) is 1. The van der Waals surface area contributed by atoms with Crippen LogP contribution >= 0.6 is 0 Å². The number of nitrogens with two attached hydrogens (primary N) is 1. The van der Waals surface area contributed by atoms with Crippen molar-refractivity contribution in [1.82, 2.24) is 25.5 Å². The van der Waals surface area contributed by atoms with Crippen LogP contribution in [-0.2, 0) is 19.2 Å². The molecule has 11 heteroatoms. The normalized spacial score (nSPS) is 29.7. The maximum absolute atomic E-state index is 14.0. The lowest BCUT2D eigenvalue weighted by Gasteiger charge is -2.38. The lowest BCUT2D eigenvalue weighted by molar-refractivity contribution is -0.143. The van der Waals surface area contributed by atoms with Gasteiger partial charge in [0.1, 0.15) is 18.1 Å². The number of hydrogen-bond donors (Lipinski definition) is 4. The molecule has 206 valence electrons. The summed E-state index contributed by atoms with van der Waals surface area (Å²) in [4.78, 5) is 62.7. The van der Waals surface area contributed by atoms with Gasteiger partial charge in [-0.2, -0.15) is 0 Å². The molecule has 2 aliphatic carbocycles. The average Bonchev–Trinajstić information content (AvgIpc) is 3.55. The molecule has 0 aromatic carbocycles. The lowest BCUT2D eigenvalue weighted by atomic mass is 9.85. The Bertz CT molecular complexity index is 1140. The third kappa shape index (κ3) is 4.71. The first kappa shape index (κ1) is 26.4. The molecule has 4 amide bonds. The monoisotopic (exact) mass is 525 g/mol. The summed E-state index contributed by atoms with van der Waals surface area (Å²) in [7, 11) is 0. The molecule has 2 saturated carbocycles. The van der Waals surface area contributed by atoms with Gasteiger partial charge in [-0.25, -0.2) is 9.97 Å². The molecule has 3 heterocycles. The van der Waals surface area contributed by atoms with Crippen LogP contribution in [0.25, 0.3) is 0 Å². The van der Waals surface area contributed by atoms with Gasteiger partial charge >= 0.3 is 0 Å². The van der Waals surface area contributed by atoms with Gasteiger partial charge in [0.15, 0.2) is 0 Å². The van der Waals surface area contributed by atoms with Crippen molar-refractivity contribution in [1.29, 1.82) is 0 Å². The molecule has 1 spiro atoms. The van der Waals surface area contributed by atoms with Gasteiger partial charge < -0.3 is 26.6 Å². The molecule has 1 aromatic heterocycles. The van der Waals surface area contributed by atoms with Gasteiger partial charge in [0.2, 0.25) is 29.6 Å². The number of carbonyl (C=O) groups excluding carboxylic acids is 4. The lowest BCUT2D eigenvalue weighted by Crippen LogP contribution is -2.58. The second-order valence-corrected chi connectivity index (χ2v) is 13.3. The van der Waals surface area contributed by atoms with E-state index in [1.807, 2.05) is 20.8 Å². The molecule has 2 saturated heterocycles. The summed E-state index contributed by atoms with van der Waals surface area (Å²) in [6.45, 7) is 10.5. The number of carbonyl (C=O) groups is 4. The summed E-state index contributed by atoms with van der Waals surface area (Å²) >= 11 is 0. The second-order valence-electron chi connectivity index (χ2n) is 13.3. The number of nitrogens with zero attached hydrogens (tertiary/aromatic N) is 3. The van der Waals surface area contributed by atoms with Gasteiger partial charge in [-0.15, -0.1) is 0 Å². The molecular formula is C27H39N7O4. The third-order valence-electron chi connectivity index (χ3n) is 9.14. The highest BCUT2D eigenvalue weighted by Gasteiger charge is 2.70. The summed E-state index contributed by atoms with van der Waals surface area (Å²) in [6, 6.07) is -0.700. The standard InChI is InChI=1S/C27H39N7O4/c1-25(2,3)19(32-24-29-9-6-10-30-24)23(38)34-13-15-17(26(15,4)5)18(34)22(37)31-16(20(28)35)11-14-12-27(7-8-27)33-21(14)36/h6,9-10,14-19H,7-8,11-13H2,1-5H3,(H2,28,35)(H,31,37)(H,33,36)(H,29,30,32)/t14-,15?,16+,17?,18?,19-/m1/s1. The van der Waals surface area contributed by atoms with Gasteiger partial charge in [0, 0.05) is 30.4 Å². The van der Waals surface area contributed by atoms with Crippen LogP contribution in [0.2, 0.25) is 0 Å². The topological polar surface area (TPSA) is 159 Å². The number of rotatable bonds is 8. The van der Waals surface area contributed by atoms with Crippen molar-refractivity contribution in [2.75, 3.05) is 11.9 Å². The number of nitrogens with one attached hydrogen (secondary N) is 3. The highest BCUT2D eigenvalue weighted by Crippen LogP contribution is 2.65. The van der Waals surface area contributed by atoms with Crippen LogP contribution in [0.1, 0.15) is 60.3 Å². The zero-order chi connectivity index (χ0) is 27.6. The number of aromatic nitrogens is 2. The number of anilines is 1. The molecule has 38 heavy (non-hydrogen) atoms. The Morgan fingerprint density at radius 1 is 1.21 bits per heavy atom. The molecule has 1 aromatic rings. The van der Waals surface area contributed by atoms with E-state index in [1.165, 1.54) is 0 Å². The number of amides is 4. The minimum absolute atomic E-state index is 0.0296. The van der Waals surface area contributed by atoms with Gasteiger partial charge in [0.25, 0.3) is 0 Å². The summed E-state index contributed by atoms with van der Waals surface area (Å²) < 4.78 is 0. The highest BCUT2D eigenvalue weighted by molar-refractivity contribution is 5.95. The summed E-state index contributed by atoms with van der Waals surface area (Å²) in [6.07, 6.45) is 5.89. The van der Waals surface area contributed by atoms with Crippen LogP contribution < -0.4 is 21.7 Å². The van der Waals surface area contributed by atoms with E-state index in [1.54, 1.807) is 23.4 Å². The first-order valence-electron chi connectivity index (χ1n) is 13.5. The SMILES string of the molecule is CC1(C)C2CN(C(=O)[C@@H](Nc3ncccn3)C(C)(C)C)C(C(=O)N[C@@H](C[C@@H]3CC4(CC4)NC3=O)C(N)=O)C21. The Labute approximate surface area is 223 Å². The summed E-state index contributed by atoms with van der Waals surface area (Å²) in [5.41, 5.74) is 4.96. The third-order valence-corrected chi connectivity index (χ3v) is 9.14. The molecule has 0 bridgehead atoms. The van der Waals surface area contributed by atoms with Crippen molar-refractivity contribution in [2.24, 2.45) is 34.3 Å². The Hall–Kier alpha value is -3.24. The summed E-state index contributed by atoms with van der Waals surface area (Å²) in [5.74, 6) is -1.27. The Kier molecular flexibility index (Phi) is 6.18. The molecule has 11 nitrogen and oxygen atoms in total. The van der Waals surface area contributed by atoms with Crippen molar-refractivity contribution in [3.8, 4) is 0 Å². The van der Waals surface area contributed by atoms with Crippen LogP contribution in [0.4, 0.5) is 5.95 Å². The number of piperidine rings is 1. The van der Waals surface area contributed by atoms with Gasteiger partial charge in [-0.1, -0.05) is 34.6 Å². The van der Waals surface area contributed by atoms with E-state index < -0.39 is 35.4 Å². The predicted octanol–water partition coefficient (Wildman–Crippen LogP) is 0.815. The van der Waals surface area contributed by atoms with Crippen molar-refractivity contribution < 1.29 is 19.2 Å². The zero-order valence-electron chi connectivity index (χ0n) is 22.8. The number of primary amides is 1. The quantitative estimate of drug-likeness (QED) is 0.391. The molecule has 2 aliphatic heterocycles. The minimum atomic E-state index is -0.987. The minimum Gasteiger partial charge on any atom is -0.368 e. The number of hydrogen-bond acceptors (Lipinski definition) is 7. The first-order valence-corrected chi connectivity index (χ1v) is 13.5. The molecule has 4 aliphatic rings. The first-order chi connectivity index (χ1) is 17.7. The van der Waals surface area contributed by atoms with Crippen molar-refractivity contribution >= 4 is 29.6 Å². The van der Waals surface area contributed by atoms with Crippen molar-refractivity contribution in [3.05, 3.63) is 18.5 Å². The average molecular weight is 526 g/mol. The van der Waals surface area contributed by atoms with Gasteiger partial charge in [0.05, 0.1) is 0 Å². The van der Waals surface area contributed by atoms with Crippen LogP contribution in [0, 0.1) is 28.6 Å². The second kappa shape index (κ2) is 8.91. The van der Waals surface area contributed by atoms with Gasteiger partial charge in [-0.3, -0.25) is 19.2 Å². The summed E-state index contributed by atoms with van der Waals surface area (Å²) in [5, 5.41) is 9.02. The Morgan fingerprint density at radius 3 is 2.42 bits per heavy atom. The predicted molar refractivity (Wildman–Crippen MR) is 139 cm³/mol. The molecule has 6 atom stereocenters. The van der Waals surface area contributed by atoms with Crippen molar-refractivity contribution in [3.63, 3.8) is 0 Å². The Balaban J connectivity index is 1.34. The van der Waals surface area contributed by atoms with Crippen LogP contribution in [0.15, 0.2) is 18.5 Å².